The van der Waals surface area contributed by atoms with Gasteiger partial charge in [0.2, 0.25) is 0 Å². The highest BCUT2D eigenvalue weighted by Crippen LogP contribution is 2.15. The van der Waals surface area contributed by atoms with Gasteiger partial charge in [-0.1, -0.05) is 20.8 Å². The third kappa shape index (κ3) is 6.03. The Kier molecular flexibility index (Phi) is 4.88. The lowest BCUT2D eigenvalue weighted by Crippen LogP contribution is -2.19. The van der Waals surface area contributed by atoms with E-state index in [1.807, 2.05) is 0 Å². The summed E-state index contributed by atoms with van der Waals surface area (Å²) in [5.74, 6) is 0.531. The van der Waals surface area contributed by atoms with Crippen molar-refractivity contribution in [2.45, 2.75) is 27.2 Å². The van der Waals surface area contributed by atoms with Gasteiger partial charge in [0.15, 0.2) is 0 Å². The molecular formula is C12H20N4O2. The summed E-state index contributed by atoms with van der Waals surface area (Å²) >= 11 is 0. The predicted molar refractivity (Wildman–Crippen MR) is 70.7 cm³/mol. The molecule has 0 saturated heterocycles. The summed E-state index contributed by atoms with van der Waals surface area (Å²) in [6.45, 7) is 7.55. The van der Waals surface area contributed by atoms with Gasteiger partial charge in [-0.05, 0) is 5.41 Å². The number of carbonyl (C=O) groups is 1. The van der Waals surface area contributed by atoms with Gasteiger partial charge in [0, 0.05) is 19.2 Å². The first-order valence-corrected chi connectivity index (χ1v) is 5.88. The van der Waals surface area contributed by atoms with Crippen LogP contribution in [-0.2, 0) is 4.79 Å². The van der Waals surface area contributed by atoms with E-state index in [4.69, 9.17) is 5.11 Å². The molecule has 0 radical (unpaired) electrons. The van der Waals surface area contributed by atoms with Gasteiger partial charge in [0.05, 0.1) is 6.42 Å². The Bertz CT molecular complexity index is 401. The van der Waals surface area contributed by atoms with Crippen molar-refractivity contribution in [2.75, 3.05) is 23.7 Å². The number of nitrogens with zero attached hydrogens (tertiary/aromatic N) is 2. The second-order valence-electron chi connectivity index (χ2n) is 5.27. The SMILES string of the molecule is CC(C)(C)CNc1cc(NCCC(=O)O)ncn1. The van der Waals surface area contributed by atoms with Crippen molar-refractivity contribution in [1.29, 1.82) is 0 Å². The number of aliphatic carboxylic acids is 1. The molecule has 0 spiro atoms. The second-order valence-corrected chi connectivity index (χ2v) is 5.27. The van der Waals surface area contributed by atoms with Crippen LogP contribution in [0.2, 0.25) is 0 Å². The number of rotatable bonds is 6. The standard InChI is InChI=1S/C12H20N4O2/c1-12(2,3)7-14-10-6-9(15-8-16-10)13-5-4-11(17)18/h6,8H,4-5,7H2,1-3H3,(H,17,18)(H2,13,14,15,16). The van der Waals surface area contributed by atoms with Gasteiger partial charge in [0.25, 0.3) is 0 Å². The van der Waals surface area contributed by atoms with E-state index in [0.29, 0.717) is 12.4 Å². The number of hydrogen-bond donors (Lipinski definition) is 3. The lowest BCUT2D eigenvalue weighted by atomic mass is 9.97. The molecule has 1 aromatic heterocycles. The van der Waals surface area contributed by atoms with E-state index in [9.17, 15) is 4.79 Å². The Morgan fingerprint density at radius 3 is 2.44 bits per heavy atom. The van der Waals surface area contributed by atoms with E-state index in [2.05, 4.69) is 41.4 Å². The molecule has 0 fully saturated rings. The number of hydrogen-bond acceptors (Lipinski definition) is 5. The zero-order valence-corrected chi connectivity index (χ0v) is 11.0. The molecule has 1 aromatic rings. The normalized spacial score (nSPS) is 11.1. The fourth-order valence-corrected chi connectivity index (χ4v) is 1.20. The first-order valence-electron chi connectivity index (χ1n) is 5.88. The van der Waals surface area contributed by atoms with Crippen LogP contribution in [0.25, 0.3) is 0 Å². The maximum atomic E-state index is 10.4. The largest absolute Gasteiger partial charge is 0.481 e. The zero-order valence-electron chi connectivity index (χ0n) is 11.0. The monoisotopic (exact) mass is 252 g/mol. The second kappa shape index (κ2) is 6.18. The van der Waals surface area contributed by atoms with E-state index in [1.165, 1.54) is 6.33 Å². The van der Waals surface area contributed by atoms with E-state index >= 15 is 0 Å². The molecule has 100 valence electrons. The van der Waals surface area contributed by atoms with Crippen LogP contribution in [-0.4, -0.2) is 34.1 Å². The van der Waals surface area contributed by atoms with Crippen molar-refractivity contribution in [1.82, 2.24) is 9.97 Å². The van der Waals surface area contributed by atoms with Gasteiger partial charge >= 0.3 is 5.97 Å². The van der Waals surface area contributed by atoms with Crippen LogP contribution in [0.15, 0.2) is 12.4 Å². The maximum Gasteiger partial charge on any atom is 0.305 e. The Morgan fingerprint density at radius 2 is 1.89 bits per heavy atom. The third-order valence-corrected chi connectivity index (χ3v) is 2.11. The number of carboxylic acids is 1. The first-order chi connectivity index (χ1) is 8.37. The van der Waals surface area contributed by atoms with Crippen LogP contribution >= 0.6 is 0 Å². The maximum absolute atomic E-state index is 10.4. The van der Waals surface area contributed by atoms with Crippen LogP contribution in [0, 0.1) is 5.41 Å². The Labute approximate surface area is 107 Å². The minimum Gasteiger partial charge on any atom is -0.481 e. The lowest BCUT2D eigenvalue weighted by molar-refractivity contribution is -0.136. The zero-order chi connectivity index (χ0) is 13.6. The number of aromatic nitrogens is 2. The smallest absolute Gasteiger partial charge is 0.305 e. The number of anilines is 2. The van der Waals surface area contributed by atoms with E-state index in [0.717, 1.165) is 12.4 Å². The number of nitrogens with one attached hydrogen (secondary N) is 2. The first kappa shape index (κ1) is 14.2. The van der Waals surface area contributed by atoms with Crippen molar-refractivity contribution < 1.29 is 9.90 Å². The minimum atomic E-state index is -0.831. The molecule has 6 heteroatoms. The van der Waals surface area contributed by atoms with Crippen LogP contribution in [0.4, 0.5) is 11.6 Å². The topological polar surface area (TPSA) is 87.1 Å². The molecule has 0 bridgehead atoms. The fourth-order valence-electron chi connectivity index (χ4n) is 1.20. The highest BCUT2D eigenvalue weighted by molar-refractivity contribution is 5.67. The molecule has 0 saturated carbocycles. The molecule has 18 heavy (non-hydrogen) atoms. The average molecular weight is 252 g/mol. The Hall–Kier alpha value is -1.85. The van der Waals surface area contributed by atoms with Gasteiger partial charge < -0.3 is 15.7 Å². The van der Waals surface area contributed by atoms with E-state index in [-0.39, 0.29) is 11.8 Å². The molecule has 0 unspecified atom stereocenters. The van der Waals surface area contributed by atoms with Crippen LogP contribution in [0.3, 0.4) is 0 Å². The van der Waals surface area contributed by atoms with Crippen molar-refractivity contribution in [3.05, 3.63) is 12.4 Å². The van der Waals surface area contributed by atoms with Gasteiger partial charge in [-0.25, -0.2) is 9.97 Å². The summed E-state index contributed by atoms with van der Waals surface area (Å²) in [6, 6.07) is 1.77. The van der Waals surface area contributed by atoms with Crippen LogP contribution in [0.1, 0.15) is 27.2 Å². The molecule has 3 N–H and O–H groups in total. The highest BCUT2D eigenvalue weighted by atomic mass is 16.4. The summed E-state index contributed by atoms with van der Waals surface area (Å²) in [7, 11) is 0. The quantitative estimate of drug-likeness (QED) is 0.716. The molecule has 1 heterocycles. The number of carboxylic acid groups (broad SMARTS) is 1. The Morgan fingerprint density at radius 1 is 1.28 bits per heavy atom. The third-order valence-electron chi connectivity index (χ3n) is 2.11. The van der Waals surface area contributed by atoms with Crippen LogP contribution < -0.4 is 10.6 Å². The van der Waals surface area contributed by atoms with Gasteiger partial charge in [-0.2, -0.15) is 0 Å². The molecule has 0 aromatic carbocycles. The van der Waals surface area contributed by atoms with Crippen molar-refractivity contribution in [2.24, 2.45) is 5.41 Å². The molecule has 0 amide bonds. The predicted octanol–water partition coefficient (Wildman–Crippen LogP) is 1.82. The van der Waals surface area contributed by atoms with Crippen LogP contribution in [0.5, 0.6) is 0 Å². The average Bonchev–Trinajstić information content (AvgIpc) is 2.26. The van der Waals surface area contributed by atoms with Gasteiger partial charge in [-0.3, -0.25) is 4.79 Å². The highest BCUT2D eigenvalue weighted by Gasteiger charge is 2.10. The summed E-state index contributed by atoms with van der Waals surface area (Å²) < 4.78 is 0. The lowest BCUT2D eigenvalue weighted by Gasteiger charge is -2.19. The van der Waals surface area contributed by atoms with E-state index < -0.39 is 5.97 Å². The molecule has 0 aliphatic heterocycles. The summed E-state index contributed by atoms with van der Waals surface area (Å²) in [6.07, 6.45) is 1.52. The van der Waals surface area contributed by atoms with Crippen molar-refractivity contribution in [3.8, 4) is 0 Å². The van der Waals surface area contributed by atoms with Crippen molar-refractivity contribution >= 4 is 17.6 Å². The molecule has 0 atom stereocenters. The Balaban J connectivity index is 2.49. The van der Waals surface area contributed by atoms with Gasteiger partial charge in [-0.15, -0.1) is 0 Å². The molecule has 1 rings (SSSR count). The summed E-state index contributed by atoms with van der Waals surface area (Å²) in [5.41, 5.74) is 0.169. The molecule has 6 nitrogen and oxygen atoms in total. The van der Waals surface area contributed by atoms with Gasteiger partial charge in [0.1, 0.15) is 18.0 Å². The minimum absolute atomic E-state index is 0.0642. The molecular weight excluding hydrogens is 232 g/mol. The molecule has 0 aliphatic carbocycles. The summed E-state index contributed by atoms with van der Waals surface area (Å²) in [5, 5.41) is 14.7. The fraction of sp³-hybridized carbons (Fsp3) is 0.583. The van der Waals surface area contributed by atoms with E-state index in [1.54, 1.807) is 6.07 Å². The summed E-state index contributed by atoms with van der Waals surface area (Å²) in [4.78, 5) is 18.5. The molecule has 0 aliphatic rings. The van der Waals surface area contributed by atoms with Crippen molar-refractivity contribution in [3.63, 3.8) is 0 Å².